The summed E-state index contributed by atoms with van der Waals surface area (Å²) < 4.78 is 0. The van der Waals surface area contributed by atoms with Crippen molar-refractivity contribution in [1.29, 1.82) is 5.26 Å². The minimum Gasteiger partial charge on any atom is -0.358 e. The van der Waals surface area contributed by atoms with E-state index in [-0.39, 0.29) is 0 Å². The summed E-state index contributed by atoms with van der Waals surface area (Å²) in [5.74, 6) is 0. The Morgan fingerprint density at radius 2 is 2.29 bits per heavy atom. The van der Waals surface area contributed by atoms with E-state index >= 15 is 0 Å². The molecule has 0 fully saturated rings. The molecule has 1 aliphatic carbocycles. The molecule has 1 aromatic heterocycles. The van der Waals surface area contributed by atoms with Crippen LogP contribution in [-0.4, -0.2) is 4.98 Å². The molecule has 0 spiro atoms. The van der Waals surface area contributed by atoms with E-state index in [1.165, 1.54) is 16.6 Å². The summed E-state index contributed by atoms with van der Waals surface area (Å²) in [7, 11) is 0. The first-order valence-corrected chi connectivity index (χ1v) is 4.63. The molecule has 14 heavy (non-hydrogen) atoms. The molecule has 0 bridgehead atoms. The van der Waals surface area contributed by atoms with Crippen molar-refractivity contribution in [2.45, 2.75) is 12.8 Å². The number of aromatic nitrogens is 1. The first-order chi connectivity index (χ1) is 6.88. The molecule has 66 valence electrons. The number of nitriles is 1. The minimum absolute atomic E-state index is 0.728. The Labute approximate surface area is 82.2 Å². The molecular formula is C12H8N2. The first kappa shape index (κ1) is 7.64. The van der Waals surface area contributed by atoms with Gasteiger partial charge in [-0.15, -0.1) is 0 Å². The number of nitrogens with one attached hydrogen (secondary N) is 1. The van der Waals surface area contributed by atoms with Crippen molar-refractivity contribution >= 4 is 10.9 Å². The number of H-pyrrole nitrogens is 1. The molecule has 2 radical (unpaired) electrons. The van der Waals surface area contributed by atoms with Crippen molar-refractivity contribution in [1.82, 2.24) is 4.98 Å². The predicted molar refractivity (Wildman–Crippen MR) is 53.7 cm³/mol. The van der Waals surface area contributed by atoms with Gasteiger partial charge in [-0.2, -0.15) is 5.26 Å². The van der Waals surface area contributed by atoms with Crippen molar-refractivity contribution in [3.63, 3.8) is 0 Å². The summed E-state index contributed by atoms with van der Waals surface area (Å²) in [5.41, 5.74) is 4.44. The van der Waals surface area contributed by atoms with Gasteiger partial charge in [-0.1, -0.05) is 0 Å². The van der Waals surface area contributed by atoms with Crippen molar-refractivity contribution in [2.75, 3.05) is 0 Å². The molecule has 0 unspecified atom stereocenters. The van der Waals surface area contributed by atoms with Crippen LogP contribution in [0.3, 0.4) is 0 Å². The van der Waals surface area contributed by atoms with Gasteiger partial charge in [0, 0.05) is 16.6 Å². The Bertz CT molecular complexity index is 543. The third-order valence-electron chi connectivity index (χ3n) is 2.73. The lowest BCUT2D eigenvalue weighted by atomic mass is 10.1. The molecule has 0 aliphatic heterocycles. The fraction of sp³-hybridized carbons (Fsp3) is 0.167. The molecular weight excluding hydrogens is 172 g/mol. The largest absolute Gasteiger partial charge is 0.358 e. The van der Waals surface area contributed by atoms with Gasteiger partial charge in [-0.3, -0.25) is 0 Å². The highest BCUT2D eigenvalue weighted by molar-refractivity contribution is 5.86. The summed E-state index contributed by atoms with van der Waals surface area (Å²) in [4.78, 5) is 3.36. The molecule has 1 N–H and O–H groups in total. The number of fused-ring (bicyclic) bond motifs is 3. The molecule has 2 heteroatoms. The van der Waals surface area contributed by atoms with E-state index in [4.69, 9.17) is 5.26 Å². The Morgan fingerprint density at radius 3 is 3.14 bits per heavy atom. The van der Waals surface area contributed by atoms with Crippen molar-refractivity contribution in [3.05, 3.63) is 41.4 Å². The van der Waals surface area contributed by atoms with Gasteiger partial charge in [0.2, 0.25) is 0 Å². The molecule has 0 atom stereocenters. The molecule has 0 saturated carbocycles. The zero-order valence-electron chi connectivity index (χ0n) is 7.59. The molecule has 0 saturated heterocycles. The molecule has 1 aromatic carbocycles. The summed E-state index contributed by atoms with van der Waals surface area (Å²) in [6.45, 7) is 0. The maximum atomic E-state index is 8.81. The smallest absolute Gasteiger partial charge is 0.0991 e. The zero-order valence-corrected chi connectivity index (χ0v) is 7.59. The number of nitrogens with zero attached hydrogens (tertiary/aromatic N) is 1. The van der Waals surface area contributed by atoms with E-state index in [1.807, 2.05) is 18.2 Å². The van der Waals surface area contributed by atoms with Gasteiger partial charge in [0.1, 0.15) is 0 Å². The fourth-order valence-corrected chi connectivity index (χ4v) is 2.04. The molecule has 1 heterocycles. The standard InChI is InChI=1S/C12H8N2/c13-7-8-4-5-12-10(6-8)9-2-1-3-11(9)14-12/h4-6,14H,2-3H2. The number of hydrogen-bond donors (Lipinski definition) is 1. The zero-order chi connectivity index (χ0) is 9.54. The van der Waals surface area contributed by atoms with Gasteiger partial charge in [0.15, 0.2) is 0 Å². The number of hydrogen-bond acceptors (Lipinski definition) is 1. The van der Waals surface area contributed by atoms with Gasteiger partial charge < -0.3 is 4.98 Å². The molecule has 2 aromatic rings. The van der Waals surface area contributed by atoms with Crippen LogP contribution in [0.2, 0.25) is 0 Å². The SMILES string of the molecule is N#Cc1ccc2[nH]c3c(c2c1)C[C]C3. The average Bonchev–Trinajstić information content (AvgIpc) is 2.76. The van der Waals surface area contributed by atoms with Crippen LogP contribution in [0.15, 0.2) is 18.2 Å². The second-order valence-corrected chi connectivity index (χ2v) is 3.56. The molecule has 3 rings (SSSR count). The summed E-state index contributed by atoms with van der Waals surface area (Å²) >= 11 is 0. The molecule has 1 aliphatic rings. The van der Waals surface area contributed by atoms with Crippen LogP contribution in [0, 0.1) is 17.8 Å². The highest BCUT2D eigenvalue weighted by atomic mass is 14.7. The average molecular weight is 180 g/mol. The van der Waals surface area contributed by atoms with Gasteiger partial charge in [0.05, 0.1) is 11.6 Å². The topological polar surface area (TPSA) is 39.6 Å². The Balaban J connectivity index is 2.36. The first-order valence-electron chi connectivity index (χ1n) is 4.63. The lowest BCUT2D eigenvalue weighted by Gasteiger charge is -1.93. The predicted octanol–water partition coefficient (Wildman–Crippen LogP) is 2.22. The van der Waals surface area contributed by atoms with Crippen LogP contribution in [0.4, 0.5) is 0 Å². The lowest BCUT2D eigenvalue weighted by molar-refractivity contribution is 1.13. The number of rotatable bonds is 0. The van der Waals surface area contributed by atoms with Crippen LogP contribution in [-0.2, 0) is 12.8 Å². The third kappa shape index (κ3) is 0.898. The normalized spacial score (nSPS) is 14.2. The second kappa shape index (κ2) is 2.62. The van der Waals surface area contributed by atoms with E-state index in [0.29, 0.717) is 0 Å². The second-order valence-electron chi connectivity index (χ2n) is 3.56. The van der Waals surface area contributed by atoms with Crippen molar-refractivity contribution in [2.24, 2.45) is 0 Å². The van der Waals surface area contributed by atoms with Crippen LogP contribution in [0.1, 0.15) is 16.8 Å². The van der Waals surface area contributed by atoms with Crippen LogP contribution in [0.5, 0.6) is 0 Å². The summed E-state index contributed by atoms with van der Waals surface area (Å²) in [6.07, 6.45) is 5.10. The highest BCUT2D eigenvalue weighted by Gasteiger charge is 2.16. The van der Waals surface area contributed by atoms with Crippen molar-refractivity contribution < 1.29 is 0 Å². The highest BCUT2D eigenvalue weighted by Crippen LogP contribution is 2.29. The maximum absolute atomic E-state index is 8.81. The summed E-state index contributed by atoms with van der Waals surface area (Å²) in [5, 5.41) is 9.99. The van der Waals surface area contributed by atoms with Crippen molar-refractivity contribution in [3.8, 4) is 6.07 Å². The quantitative estimate of drug-likeness (QED) is 0.663. The van der Waals surface area contributed by atoms with E-state index in [0.717, 1.165) is 23.9 Å². The Hall–Kier alpha value is -1.75. The lowest BCUT2D eigenvalue weighted by Crippen LogP contribution is -1.78. The van der Waals surface area contributed by atoms with Gasteiger partial charge in [-0.05, 0) is 43.0 Å². The van der Waals surface area contributed by atoms with E-state index in [2.05, 4.69) is 17.5 Å². The van der Waals surface area contributed by atoms with Crippen LogP contribution < -0.4 is 0 Å². The van der Waals surface area contributed by atoms with E-state index in [9.17, 15) is 0 Å². The minimum atomic E-state index is 0.728. The Kier molecular flexibility index (Phi) is 1.43. The van der Waals surface area contributed by atoms with Crippen LogP contribution >= 0.6 is 0 Å². The van der Waals surface area contributed by atoms with Gasteiger partial charge in [0.25, 0.3) is 0 Å². The molecule has 2 nitrogen and oxygen atoms in total. The van der Waals surface area contributed by atoms with E-state index in [1.54, 1.807) is 0 Å². The maximum Gasteiger partial charge on any atom is 0.0991 e. The van der Waals surface area contributed by atoms with E-state index < -0.39 is 0 Å². The third-order valence-corrected chi connectivity index (χ3v) is 2.73. The fourth-order valence-electron chi connectivity index (χ4n) is 2.04. The van der Waals surface area contributed by atoms with Gasteiger partial charge in [-0.25, -0.2) is 0 Å². The number of benzene rings is 1. The number of aromatic amines is 1. The van der Waals surface area contributed by atoms with Gasteiger partial charge >= 0.3 is 0 Å². The Morgan fingerprint density at radius 1 is 1.36 bits per heavy atom. The monoisotopic (exact) mass is 180 g/mol. The molecule has 0 amide bonds. The summed E-state index contributed by atoms with van der Waals surface area (Å²) in [6, 6.07) is 7.95. The van der Waals surface area contributed by atoms with Crippen LogP contribution in [0.25, 0.3) is 10.9 Å².